The summed E-state index contributed by atoms with van der Waals surface area (Å²) in [7, 11) is 0. The van der Waals surface area contributed by atoms with Gasteiger partial charge >= 0.3 is 6.01 Å². The first-order valence-corrected chi connectivity index (χ1v) is 10.9. The molecule has 0 aromatic carbocycles. The average Bonchev–Trinajstić information content (AvgIpc) is 3.27. The van der Waals surface area contributed by atoms with Crippen LogP contribution >= 0.6 is 0 Å². The number of halogens is 1. The zero-order valence-electron chi connectivity index (χ0n) is 18.0. The Morgan fingerprint density at radius 1 is 1.13 bits per heavy atom. The summed E-state index contributed by atoms with van der Waals surface area (Å²) in [5.74, 6) is 0.634. The lowest BCUT2D eigenvalue weighted by Crippen LogP contribution is -2.40. The molecule has 166 valence electrons. The van der Waals surface area contributed by atoms with Gasteiger partial charge in [-0.15, -0.1) is 0 Å². The Bertz CT molecular complexity index is 906. The number of hydrogen-bond acceptors (Lipinski definition) is 8. The van der Waals surface area contributed by atoms with Gasteiger partial charge in [-0.1, -0.05) is 5.16 Å². The van der Waals surface area contributed by atoms with Crippen LogP contribution in [0.5, 0.6) is 5.75 Å². The van der Waals surface area contributed by atoms with E-state index in [9.17, 15) is 4.39 Å². The van der Waals surface area contributed by atoms with Gasteiger partial charge in [-0.3, -0.25) is 0 Å². The standard InChI is InChI=1S/C22H28FN5O3/c1-22(2,23)20-26-21(31-27-20)28-12-9-17(10-13-28)29-15-5-7-16(8-6-15)30-19-4-3-11-25-18(19)14-24/h3-4,11,15-17H,5-10,12-13H2,1-2H3. The molecule has 1 saturated heterocycles. The fraction of sp³-hybridized carbons (Fsp3) is 0.636. The van der Waals surface area contributed by atoms with Crippen LogP contribution in [0.4, 0.5) is 10.4 Å². The quantitative estimate of drug-likeness (QED) is 0.682. The molecule has 1 saturated carbocycles. The van der Waals surface area contributed by atoms with E-state index in [4.69, 9.17) is 19.3 Å². The maximum absolute atomic E-state index is 14.0. The van der Waals surface area contributed by atoms with Crippen LogP contribution in [-0.4, -0.2) is 46.5 Å². The number of anilines is 1. The topological polar surface area (TPSA) is 97.3 Å². The van der Waals surface area contributed by atoms with E-state index in [2.05, 4.69) is 21.2 Å². The van der Waals surface area contributed by atoms with Crippen LogP contribution in [0.25, 0.3) is 0 Å². The van der Waals surface area contributed by atoms with Crippen molar-refractivity contribution in [1.29, 1.82) is 5.26 Å². The van der Waals surface area contributed by atoms with Crippen LogP contribution in [0.3, 0.4) is 0 Å². The third-order valence-electron chi connectivity index (χ3n) is 5.84. The number of aromatic nitrogens is 3. The highest BCUT2D eigenvalue weighted by Crippen LogP contribution is 2.30. The van der Waals surface area contributed by atoms with Crippen molar-refractivity contribution >= 4 is 6.01 Å². The van der Waals surface area contributed by atoms with Gasteiger partial charge in [-0.05, 0) is 64.5 Å². The van der Waals surface area contributed by atoms with Crippen LogP contribution in [0.15, 0.2) is 22.9 Å². The molecule has 2 aliphatic rings. The second-order valence-electron chi connectivity index (χ2n) is 8.67. The average molecular weight is 429 g/mol. The first-order valence-electron chi connectivity index (χ1n) is 10.9. The second kappa shape index (κ2) is 9.18. The highest BCUT2D eigenvalue weighted by atomic mass is 19.1. The molecule has 0 amide bonds. The van der Waals surface area contributed by atoms with Crippen molar-refractivity contribution in [3.05, 3.63) is 29.8 Å². The van der Waals surface area contributed by atoms with Gasteiger partial charge in [0, 0.05) is 19.3 Å². The van der Waals surface area contributed by atoms with Gasteiger partial charge in [0.2, 0.25) is 5.82 Å². The maximum atomic E-state index is 14.0. The fourth-order valence-corrected chi connectivity index (χ4v) is 4.08. The van der Waals surface area contributed by atoms with Crippen molar-refractivity contribution in [2.75, 3.05) is 18.0 Å². The molecule has 0 atom stereocenters. The molecule has 2 fully saturated rings. The molecule has 0 bridgehead atoms. The number of rotatable bonds is 6. The van der Waals surface area contributed by atoms with Crippen molar-refractivity contribution in [1.82, 2.24) is 15.1 Å². The van der Waals surface area contributed by atoms with Crippen molar-refractivity contribution in [2.24, 2.45) is 0 Å². The highest BCUT2D eigenvalue weighted by Gasteiger charge is 2.31. The Kier molecular flexibility index (Phi) is 6.37. The summed E-state index contributed by atoms with van der Waals surface area (Å²) in [5, 5.41) is 12.9. The van der Waals surface area contributed by atoms with Gasteiger partial charge in [-0.25, -0.2) is 9.37 Å². The molecule has 0 radical (unpaired) electrons. The number of alkyl halides is 1. The van der Waals surface area contributed by atoms with E-state index in [1.807, 2.05) is 4.90 Å². The number of ether oxygens (including phenoxy) is 2. The third-order valence-corrected chi connectivity index (χ3v) is 5.84. The Labute approximate surface area is 181 Å². The molecule has 3 heterocycles. The first kappa shape index (κ1) is 21.5. The van der Waals surface area contributed by atoms with Gasteiger partial charge < -0.3 is 18.9 Å². The lowest BCUT2D eigenvalue weighted by atomic mass is 9.94. The van der Waals surface area contributed by atoms with Crippen LogP contribution in [-0.2, 0) is 10.4 Å². The molecule has 0 N–H and O–H groups in total. The van der Waals surface area contributed by atoms with E-state index in [0.717, 1.165) is 51.6 Å². The molecular weight excluding hydrogens is 401 g/mol. The molecule has 9 heteroatoms. The van der Waals surface area contributed by atoms with Crippen LogP contribution in [0, 0.1) is 11.3 Å². The van der Waals surface area contributed by atoms with Crippen LogP contribution < -0.4 is 9.64 Å². The molecule has 1 aliphatic carbocycles. The maximum Gasteiger partial charge on any atom is 0.324 e. The minimum absolute atomic E-state index is 0.0769. The van der Waals surface area contributed by atoms with Gasteiger partial charge in [0.05, 0.1) is 18.3 Å². The zero-order chi connectivity index (χ0) is 21.8. The van der Waals surface area contributed by atoms with Gasteiger partial charge in [0.25, 0.3) is 0 Å². The summed E-state index contributed by atoms with van der Waals surface area (Å²) >= 11 is 0. The minimum atomic E-state index is -1.61. The van der Waals surface area contributed by atoms with E-state index in [-0.39, 0.29) is 24.1 Å². The molecular formula is C22H28FN5O3. The number of hydrogen-bond donors (Lipinski definition) is 0. The Morgan fingerprint density at radius 3 is 2.45 bits per heavy atom. The lowest BCUT2D eigenvalue weighted by molar-refractivity contribution is -0.0530. The van der Waals surface area contributed by atoms with Crippen molar-refractivity contribution < 1.29 is 18.4 Å². The van der Waals surface area contributed by atoms with Crippen molar-refractivity contribution in [2.45, 2.75) is 76.4 Å². The van der Waals surface area contributed by atoms with E-state index in [0.29, 0.717) is 17.5 Å². The van der Waals surface area contributed by atoms with E-state index in [1.54, 1.807) is 18.3 Å². The Morgan fingerprint density at radius 2 is 1.81 bits per heavy atom. The fourth-order valence-electron chi connectivity index (χ4n) is 4.08. The molecule has 8 nitrogen and oxygen atoms in total. The molecule has 2 aromatic heterocycles. The number of pyridine rings is 1. The smallest absolute Gasteiger partial charge is 0.324 e. The molecule has 4 rings (SSSR count). The lowest BCUT2D eigenvalue weighted by Gasteiger charge is -2.35. The summed E-state index contributed by atoms with van der Waals surface area (Å²) in [6.45, 7) is 4.33. The zero-order valence-corrected chi connectivity index (χ0v) is 18.0. The largest absolute Gasteiger partial charge is 0.487 e. The highest BCUT2D eigenvalue weighted by molar-refractivity contribution is 5.36. The molecule has 0 unspecified atom stereocenters. The van der Waals surface area contributed by atoms with Crippen molar-refractivity contribution in [3.63, 3.8) is 0 Å². The summed E-state index contributed by atoms with van der Waals surface area (Å²) in [4.78, 5) is 10.2. The van der Waals surface area contributed by atoms with Gasteiger partial charge in [0.1, 0.15) is 6.07 Å². The molecule has 31 heavy (non-hydrogen) atoms. The summed E-state index contributed by atoms with van der Waals surface area (Å²) in [6.07, 6.45) is 7.51. The summed E-state index contributed by atoms with van der Waals surface area (Å²) < 4.78 is 31.6. The number of nitriles is 1. The minimum Gasteiger partial charge on any atom is -0.487 e. The van der Waals surface area contributed by atoms with E-state index < -0.39 is 5.67 Å². The SMILES string of the molecule is CC(C)(F)c1noc(N2CCC(OC3CCC(Oc4cccnc4C#N)CC3)CC2)n1. The monoisotopic (exact) mass is 429 g/mol. The number of nitrogens with zero attached hydrogens (tertiary/aromatic N) is 5. The predicted molar refractivity (Wildman–Crippen MR) is 110 cm³/mol. The van der Waals surface area contributed by atoms with Gasteiger partial charge in [-0.2, -0.15) is 10.2 Å². The molecule has 0 spiro atoms. The van der Waals surface area contributed by atoms with Crippen molar-refractivity contribution in [3.8, 4) is 11.8 Å². The summed E-state index contributed by atoms with van der Waals surface area (Å²) in [5.41, 5.74) is -1.28. The Balaban J connectivity index is 1.21. The third kappa shape index (κ3) is 5.31. The molecule has 1 aliphatic heterocycles. The summed E-state index contributed by atoms with van der Waals surface area (Å²) in [6, 6.07) is 6.03. The second-order valence-corrected chi connectivity index (χ2v) is 8.67. The van der Waals surface area contributed by atoms with Gasteiger partial charge in [0.15, 0.2) is 17.1 Å². The predicted octanol–water partition coefficient (Wildman–Crippen LogP) is 3.92. The van der Waals surface area contributed by atoms with Crippen LogP contribution in [0.2, 0.25) is 0 Å². The Hall–Kier alpha value is -2.73. The first-order chi connectivity index (χ1) is 14.9. The molecule has 2 aromatic rings. The normalized spacial score (nSPS) is 22.8. The van der Waals surface area contributed by atoms with Crippen LogP contribution in [0.1, 0.15) is 63.9 Å². The van der Waals surface area contributed by atoms with E-state index >= 15 is 0 Å². The van der Waals surface area contributed by atoms with E-state index in [1.165, 1.54) is 13.8 Å². The number of piperidine rings is 1.